The van der Waals surface area contributed by atoms with Gasteiger partial charge in [-0.3, -0.25) is 0 Å². The fraction of sp³-hybridized carbons (Fsp3) is 0.417. The number of carboxylic acid groups (broad SMARTS) is 1. The van der Waals surface area contributed by atoms with E-state index in [4.69, 9.17) is 16.7 Å². The highest BCUT2D eigenvalue weighted by Crippen LogP contribution is 2.41. The largest absolute Gasteiger partial charge is 0.478 e. The average molecular weight is 321 g/mol. The molecule has 0 atom stereocenters. The van der Waals surface area contributed by atoms with Crippen LogP contribution in [0.3, 0.4) is 0 Å². The maximum Gasteiger partial charge on any atom is 0.337 e. The van der Waals surface area contributed by atoms with E-state index in [1.165, 1.54) is 23.9 Å². The molecule has 0 amide bonds. The van der Waals surface area contributed by atoms with Crippen molar-refractivity contribution in [3.63, 3.8) is 0 Å². The van der Waals surface area contributed by atoms with E-state index in [2.05, 4.69) is 0 Å². The van der Waals surface area contributed by atoms with Crippen molar-refractivity contribution in [2.24, 2.45) is 5.92 Å². The van der Waals surface area contributed by atoms with Gasteiger partial charge in [-0.25, -0.2) is 13.2 Å². The van der Waals surface area contributed by atoms with Crippen LogP contribution in [0.5, 0.6) is 0 Å². The van der Waals surface area contributed by atoms with Crippen molar-refractivity contribution < 1.29 is 18.3 Å². The van der Waals surface area contributed by atoms with E-state index >= 15 is 0 Å². The molecule has 0 radical (unpaired) electrons. The summed E-state index contributed by atoms with van der Waals surface area (Å²) in [6, 6.07) is 2.56. The molecule has 2 rings (SSSR count). The number of hydrogen-bond donors (Lipinski definition) is 1. The number of hydrogen-bond acceptors (Lipinski definition) is 4. The summed E-state index contributed by atoms with van der Waals surface area (Å²) in [5.74, 6) is 0.200. The zero-order chi connectivity index (χ0) is 14.2. The third kappa shape index (κ3) is 3.43. The number of sulfone groups is 1. The number of halogens is 1. The quantitative estimate of drug-likeness (QED) is 0.844. The molecule has 0 aliphatic heterocycles. The zero-order valence-electron chi connectivity index (χ0n) is 10.2. The third-order valence-electron chi connectivity index (χ3n) is 2.85. The van der Waals surface area contributed by atoms with Crippen molar-refractivity contribution in [3.05, 3.63) is 22.7 Å². The standard InChI is InChI=1S/C12H13ClO4S2/c1-19(16,17)9-5-4-8(12(14)15)10(13)11(9)18-6-7-2-3-7/h4-5,7H,2-3,6H2,1H3,(H,14,15). The van der Waals surface area contributed by atoms with Crippen molar-refractivity contribution in [2.45, 2.75) is 22.6 Å². The summed E-state index contributed by atoms with van der Waals surface area (Å²) in [4.78, 5) is 11.5. The van der Waals surface area contributed by atoms with Gasteiger partial charge in [0.05, 0.1) is 15.5 Å². The summed E-state index contributed by atoms with van der Waals surface area (Å²) in [6.45, 7) is 0. The van der Waals surface area contributed by atoms with E-state index in [0.29, 0.717) is 10.8 Å². The molecular weight excluding hydrogens is 308 g/mol. The Morgan fingerprint density at radius 1 is 1.47 bits per heavy atom. The van der Waals surface area contributed by atoms with Crippen LogP contribution in [0.15, 0.2) is 21.9 Å². The Morgan fingerprint density at radius 3 is 2.58 bits per heavy atom. The summed E-state index contributed by atoms with van der Waals surface area (Å²) < 4.78 is 23.5. The highest BCUT2D eigenvalue weighted by Gasteiger charge is 2.26. The molecule has 1 saturated carbocycles. The van der Waals surface area contributed by atoms with Gasteiger partial charge in [0.25, 0.3) is 0 Å². The Morgan fingerprint density at radius 2 is 2.11 bits per heavy atom. The molecule has 0 bridgehead atoms. The van der Waals surface area contributed by atoms with Gasteiger partial charge in [-0.05, 0) is 30.9 Å². The van der Waals surface area contributed by atoms with Gasteiger partial charge in [0.1, 0.15) is 0 Å². The molecule has 7 heteroatoms. The van der Waals surface area contributed by atoms with Crippen LogP contribution >= 0.6 is 23.4 Å². The van der Waals surface area contributed by atoms with Gasteiger partial charge in [0.2, 0.25) is 0 Å². The molecule has 0 unspecified atom stereocenters. The maximum atomic E-state index is 11.7. The monoisotopic (exact) mass is 320 g/mol. The van der Waals surface area contributed by atoms with Crippen LogP contribution in [-0.2, 0) is 9.84 Å². The van der Waals surface area contributed by atoms with E-state index in [1.54, 1.807) is 0 Å². The number of carboxylic acids is 1. The van der Waals surface area contributed by atoms with E-state index < -0.39 is 15.8 Å². The predicted octanol–water partition coefficient (Wildman–Crippen LogP) is 2.94. The molecule has 1 aliphatic rings. The fourth-order valence-corrected chi connectivity index (χ4v) is 4.65. The zero-order valence-corrected chi connectivity index (χ0v) is 12.6. The Balaban J connectivity index is 2.48. The first kappa shape index (κ1) is 14.7. The van der Waals surface area contributed by atoms with Crippen molar-refractivity contribution in [3.8, 4) is 0 Å². The Hall–Kier alpha value is -0.720. The van der Waals surface area contributed by atoms with Crippen LogP contribution < -0.4 is 0 Å². The van der Waals surface area contributed by atoms with Crippen LogP contribution in [0.1, 0.15) is 23.2 Å². The van der Waals surface area contributed by atoms with Crippen molar-refractivity contribution in [2.75, 3.05) is 12.0 Å². The van der Waals surface area contributed by atoms with Gasteiger partial charge >= 0.3 is 5.97 Å². The van der Waals surface area contributed by atoms with Gasteiger partial charge in [-0.2, -0.15) is 0 Å². The highest BCUT2D eigenvalue weighted by molar-refractivity contribution is 8.00. The van der Waals surface area contributed by atoms with Gasteiger partial charge in [0, 0.05) is 16.9 Å². The topological polar surface area (TPSA) is 71.4 Å². The first-order valence-electron chi connectivity index (χ1n) is 5.69. The molecule has 104 valence electrons. The summed E-state index contributed by atoms with van der Waals surface area (Å²) in [5, 5.41) is 9.05. The van der Waals surface area contributed by atoms with Crippen LogP contribution in [0, 0.1) is 5.92 Å². The summed E-state index contributed by atoms with van der Waals surface area (Å²) in [5.41, 5.74) is -0.0626. The maximum absolute atomic E-state index is 11.7. The lowest BCUT2D eigenvalue weighted by molar-refractivity contribution is 0.0696. The van der Waals surface area contributed by atoms with Gasteiger partial charge in [-0.1, -0.05) is 11.6 Å². The van der Waals surface area contributed by atoms with Crippen LogP contribution in [0.4, 0.5) is 0 Å². The molecule has 1 aliphatic carbocycles. The van der Waals surface area contributed by atoms with Gasteiger partial charge in [-0.15, -0.1) is 11.8 Å². The minimum atomic E-state index is -3.42. The molecule has 1 N–H and O–H groups in total. The molecule has 0 heterocycles. The normalized spacial score (nSPS) is 15.5. The minimum Gasteiger partial charge on any atom is -0.478 e. The van der Waals surface area contributed by atoms with Gasteiger partial charge in [0.15, 0.2) is 9.84 Å². The molecule has 1 aromatic rings. The molecule has 4 nitrogen and oxygen atoms in total. The Kier molecular flexibility index (Phi) is 4.13. The van der Waals surface area contributed by atoms with Gasteiger partial charge < -0.3 is 5.11 Å². The molecule has 19 heavy (non-hydrogen) atoms. The van der Waals surface area contributed by atoms with E-state index in [9.17, 15) is 13.2 Å². The number of thioether (sulfide) groups is 1. The van der Waals surface area contributed by atoms with Crippen molar-refractivity contribution >= 4 is 39.2 Å². The molecule has 1 aromatic carbocycles. The molecule has 0 saturated heterocycles. The fourth-order valence-electron chi connectivity index (χ4n) is 1.62. The molecule has 0 aromatic heterocycles. The first-order chi connectivity index (χ1) is 8.80. The molecular formula is C12H13ClO4S2. The second-order valence-corrected chi connectivity index (χ2v) is 7.98. The molecule has 1 fully saturated rings. The molecule has 0 spiro atoms. The highest BCUT2D eigenvalue weighted by atomic mass is 35.5. The van der Waals surface area contributed by atoms with E-state index in [1.807, 2.05) is 0 Å². The lowest BCUT2D eigenvalue weighted by atomic mass is 10.2. The predicted molar refractivity (Wildman–Crippen MR) is 75.0 cm³/mol. The first-order valence-corrected chi connectivity index (χ1v) is 8.95. The summed E-state index contributed by atoms with van der Waals surface area (Å²) in [6.07, 6.45) is 3.37. The number of carbonyl (C=O) groups is 1. The van der Waals surface area contributed by atoms with Crippen LogP contribution in [0.2, 0.25) is 5.02 Å². The van der Waals surface area contributed by atoms with E-state index in [0.717, 1.165) is 24.9 Å². The Labute approximate surface area is 121 Å². The number of benzene rings is 1. The summed E-state index contributed by atoms with van der Waals surface area (Å²) in [7, 11) is -3.42. The number of rotatable bonds is 5. The lowest BCUT2D eigenvalue weighted by Crippen LogP contribution is -2.05. The second kappa shape index (κ2) is 5.34. The van der Waals surface area contributed by atoms with Crippen molar-refractivity contribution in [1.29, 1.82) is 0 Å². The smallest absolute Gasteiger partial charge is 0.337 e. The lowest BCUT2D eigenvalue weighted by Gasteiger charge is -2.11. The SMILES string of the molecule is CS(=O)(=O)c1ccc(C(=O)O)c(Cl)c1SCC1CC1. The average Bonchev–Trinajstić information content (AvgIpc) is 3.08. The van der Waals surface area contributed by atoms with Crippen LogP contribution in [0.25, 0.3) is 0 Å². The summed E-state index contributed by atoms with van der Waals surface area (Å²) >= 11 is 7.38. The van der Waals surface area contributed by atoms with Crippen molar-refractivity contribution in [1.82, 2.24) is 0 Å². The Bertz CT molecular complexity index is 621. The van der Waals surface area contributed by atoms with E-state index in [-0.39, 0.29) is 15.5 Å². The van der Waals surface area contributed by atoms with Crippen LogP contribution in [-0.4, -0.2) is 31.5 Å². The second-order valence-electron chi connectivity index (χ2n) is 4.59. The number of aromatic carboxylic acids is 1. The minimum absolute atomic E-state index is 0.0149. The third-order valence-corrected chi connectivity index (χ3v) is 5.97.